The predicted octanol–water partition coefficient (Wildman–Crippen LogP) is 7.17. The Bertz CT molecular complexity index is 1680. The zero-order chi connectivity index (χ0) is 27.5. The number of carbonyl (C=O) groups is 2. The molecule has 1 aliphatic heterocycles. The number of para-hydroxylation sites is 2. The van der Waals surface area contributed by atoms with Gasteiger partial charge in [0.15, 0.2) is 5.11 Å². The number of ether oxygens (including phenoxy) is 1. The van der Waals surface area contributed by atoms with Gasteiger partial charge < -0.3 is 4.74 Å². The first-order chi connectivity index (χ1) is 19.6. The fourth-order valence-electron chi connectivity index (χ4n) is 4.75. The molecule has 0 unspecified atom stereocenters. The first kappa shape index (κ1) is 25.2. The molecule has 5 nitrogen and oxygen atoms in total. The van der Waals surface area contributed by atoms with Crippen LogP contribution >= 0.6 is 12.2 Å². The maximum atomic E-state index is 13.7. The highest BCUT2D eigenvalue weighted by molar-refractivity contribution is 7.81. The van der Waals surface area contributed by atoms with Crippen molar-refractivity contribution in [3.63, 3.8) is 0 Å². The summed E-state index contributed by atoms with van der Waals surface area (Å²) < 4.78 is 6.06. The van der Waals surface area contributed by atoms with E-state index in [0.717, 1.165) is 10.9 Å². The summed E-state index contributed by atoms with van der Waals surface area (Å²) in [5.41, 5.74) is 3.00. The van der Waals surface area contributed by atoms with Gasteiger partial charge in [0.05, 0.1) is 11.4 Å². The Morgan fingerprint density at radius 2 is 1.18 bits per heavy atom. The molecule has 0 atom stereocenters. The number of hydrogen-bond acceptors (Lipinski definition) is 4. The van der Waals surface area contributed by atoms with Crippen LogP contribution in [0.4, 0.5) is 11.4 Å². The summed E-state index contributed by atoms with van der Waals surface area (Å²) in [5.74, 6) is -0.247. The molecule has 0 bridgehead atoms. The fourth-order valence-corrected chi connectivity index (χ4v) is 5.12. The molecule has 2 amide bonds. The molecule has 5 aromatic rings. The van der Waals surface area contributed by atoms with E-state index in [1.54, 1.807) is 30.3 Å². The Hall–Kier alpha value is -5.07. The van der Waals surface area contributed by atoms with E-state index in [4.69, 9.17) is 17.0 Å². The number of fused-ring (bicyclic) bond motifs is 1. The van der Waals surface area contributed by atoms with Gasteiger partial charge in [0.2, 0.25) is 0 Å². The summed E-state index contributed by atoms with van der Waals surface area (Å²) in [5, 5.41) is 2.44. The molecule has 1 fully saturated rings. The number of carbonyl (C=O) groups excluding carboxylic acids is 2. The summed E-state index contributed by atoms with van der Waals surface area (Å²) in [6.07, 6.45) is 1.60. The average Bonchev–Trinajstić information content (AvgIpc) is 3.00. The Kier molecular flexibility index (Phi) is 6.91. The van der Waals surface area contributed by atoms with Gasteiger partial charge in [0.25, 0.3) is 11.8 Å². The van der Waals surface area contributed by atoms with E-state index >= 15 is 0 Å². The van der Waals surface area contributed by atoms with Crippen LogP contribution in [-0.4, -0.2) is 16.9 Å². The van der Waals surface area contributed by atoms with E-state index in [-0.39, 0.29) is 10.7 Å². The maximum Gasteiger partial charge on any atom is 0.270 e. The lowest BCUT2D eigenvalue weighted by Gasteiger charge is -2.36. The van der Waals surface area contributed by atoms with Crippen molar-refractivity contribution in [1.29, 1.82) is 0 Å². The van der Waals surface area contributed by atoms with Crippen LogP contribution in [0.1, 0.15) is 11.1 Å². The lowest BCUT2D eigenvalue weighted by atomic mass is 10.0. The second-order valence-electron chi connectivity index (χ2n) is 9.29. The molecule has 194 valence electrons. The van der Waals surface area contributed by atoms with Crippen molar-refractivity contribution in [3.8, 4) is 5.75 Å². The highest BCUT2D eigenvalue weighted by Crippen LogP contribution is 2.30. The van der Waals surface area contributed by atoms with Crippen molar-refractivity contribution in [2.75, 3.05) is 9.80 Å². The Morgan fingerprint density at radius 1 is 0.625 bits per heavy atom. The third-order valence-corrected chi connectivity index (χ3v) is 7.11. The highest BCUT2D eigenvalue weighted by atomic mass is 32.1. The third-order valence-electron chi connectivity index (χ3n) is 6.74. The highest BCUT2D eigenvalue weighted by Gasteiger charge is 2.41. The molecule has 5 aromatic carbocycles. The van der Waals surface area contributed by atoms with E-state index in [2.05, 4.69) is 24.3 Å². The summed E-state index contributed by atoms with van der Waals surface area (Å²) in [7, 11) is 0. The van der Waals surface area contributed by atoms with Gasteiger partial charge in [-0.1, -0.05) is 91.0 Å². The van der Waals surface area contributed by atoms with Gasteiger partial charge in [-0.25, -0.2) is 0 Å². The Morgan fingerprint density at radius 3 is 1.80 bits per heavy atom. The zero-order valence-electron chi connectivity index (χ0n) is 21.4. The smallest absolute Gasteiger partial charge is 0.270 e. The van der Waals surface area contributed by atoms with E-state index in [1.165, 1.54) is 15.2 Å². The van der Waals surface area contributed by atoms with E-state index in [1.807, 2.05) is 78.9 Å². The lowest BCUT2D eigenvalue weighted by molar-refractivity contribution is -0.120. The molecular weight excluding hydrogens is 516 g/mol. The van der Waals surface area contributed by atoms with Gasteiger partial charge in [0, 0.05) is 0 Å². The summed E-state index contributed by atoms with van der Waals surface area (Å²) in [6, 6.07) is 39.9. The minimum absolute atomic E-state index is 0.0192. The van der Waals surface area contributed by atoms with Crippen LogP contribution in [0.3, 0.4) is 0 Å². The molecule has 1 aliphatic rings. The number of amides is 2. The van der Waals surface area contributed by atoms with E-state index in [9.17, 15) is 9.59 Å². The number of rotatable bonds is 6. The van der Waals surface area contributed by atoms with Crippen molar-refractivity contribution < 1.29 is 14.3 Å². The van der Waals surface area contributed by atoms with Crippen LogP contribution in [0.15, 0.2) is 133 Å². The van der Waals surface area contributed by atoms with Crippen LogP contribution in [0.5, 0.6) is 5.75 Å². The molecule has 0 saturated carbocycles. The Balaban J connectivity index is 1.29. The van der Waals surface area contributed by atoms with Crippen molar-refractivity contribution in [2.45, 2.75) is 6.61 Å². The molecule has 40 heavy (non-hydrogen) atoms. The standard InChI is InChI=1S/C34H24N2O3S/c37-32-31(33(38)36(28-15-5-2-6-16-28)34(40)35(32)27-13-3-1-4-14-27)22-24-18-20-29(21-19-24)39-23-26-12-9-11-25-10-7-8-17-30(25)26/h1-22H,23H2. The van der Waals surface area contributed by atoms with Crippen LogP contribution < -0.4 is 14.5 Å². The minimum Gasteiger partial charge on any atom is -0.489 e. The molecule has 1 saturated heterocycles. The second-order valence-corrected chi connectivity index (χ2v) is 9.65. The minimum atomic E-state index is -0.468. The average molecular weight is 541 g/mol. The molecule has 0 spiro atoms. The van der Waals surface area contributed by atoms with Crippen LogP contribution in [0, 0.1) is 0 Å². The zero-order valence-corrected chi connectivity index (χ0v) is 22.3. The molecule has 6 rings (SSSR count). The van der Waals surface area contributed by atoms with Crippen molar-refractivity contribution in [2.24, 2.45) is 0 Å². The molecule has 0 aliphatic carbocycles. The maximum absolute atomic E-state index is 13.7. The topological polar surface area (TPSA) is 49.9 Å². The predicted molar refractivity (Wildman–Crippen MR) is 163 cm³/mol. The Labute approximate surface area is 237 Å². The van der Waals surface area contributed by atoms with Crippen molar-refractivity contribution in [1.82, 2.24) is 0 Å². The molecule has 1 heterocycles. The van der Waals surface area contributed by atoms with Crippen LogP contribution in [-0.2, 0) is 16.2 Å². The van der Waals surface area contributed by atoms with Crippen molar-refractivity contribution in [3.05, 3.63) is 144 Å². The fraction of sp³-hybridized carbons (Fsp3) is 0.0294. The van der Waals surface area contributed by atoms with Gasteiger partial charge in [-0.15, -0.1) is 0 Å². The number of anilines is 2. The summed E-state index contributed by atoms with van der Waals surface area (Å²) in [4.78, 5) is 30.1. The molecule has 0 N–H and O–H groups in total. The summed E-state index contributed by atoms with van der Waals surface area (Å²) >= 11 is 5.67. The van der Waals surface area contributed by atoms with Gasteiger partial charge in [-0.2, -0.15) is 0 Å². The molecular formula is C34H24N2O3S. The van der Waals surface area contributed by atoms with E-state index < -0.39 is 11.8 Å². The number of hydrogen-bond donors (Lipinski definition) is 0. The monoisotopic (exact) mass is 540 g/mol. The molecule has 0 aromatic heterocycles. The van der Waals surface area contributed by atoms with Gasteiger partial charge in [-0.3, -0.25) is 19.4 Å². The molecule has 0 radical (unpaired) electrons. The van der Waals surface area contributed by atoms with Crippen LogP contribution in [0.25, 0.3) is 16.8 Å². The van der Waals surface area contributed by atoms with Crippen molar-refractivity contribution >= 4 is 57.4 Å². The lowest BCUT2D eigenvalue weighted by Crippen LogP contribution is -2.56. The molecule has 6 heteroatoms. The first-order valence-electron chi connectivity index (χ1n) is 12.8. The second kappa shape index (κ2) is 11.0. The normalized spacial score (nSPS) is 13.6. The SMILES string of the molecule is O=C1C(=Cc2ccc(OCc3cccc4ccccc34)cc2)C(=O)N(c2ccccc2)C(=S)N1c1ccccc1. The largest absolute Gasteiger partial charge is 0.489 e. The van der Waals surface area contributed by atoms with Gasteiger partial charge in [0.1, 0.15) is 17.9 Å². The van der Waals surface area contributed by atoms with Gasteiger partial charge in [-0.05, 0) is 76.6 Å². The van der Waals surface area contributed by atoms with Crippen LogP contribution in [0.2, 0.25) is 0 Å². The summed E-state index contributed by atoms with van der Waals surface area (Å²) in [6.45, 7) is 0.425. The quantitative estimate of drug-likeness (QED) is 0.130. The first-order valence-corrected chi connectivity index (χ1v) is 13.3. The van der Waals surface area contributed by atoms with E-state index in [0.29, 0.717) is 29.3 Å². The number of thiocarbonyl (C=S) groups is 1. The number of nitrogens with zero attached hydrogens (tertiary/aromatic N) is 2. The van der Waals surface area contributed by atoms with Gasteiger partial charge >= 0.3 is 0 Å². The number of benzene rings is 5. The third kappa shape index (κ3) is 4.88.